The number of rotatable bonds is 6. The summed E-state index contributed by atoms with van der Waals surface area (Å²) in [4.78, 5) is 4.56. The summed E-state index contributed by atoms with van der Waals surface area (Å²) in [6.07, 6.45) is 1.16. The summed E-state index contributed by atoms with van der Waals surface area (Å²) in [6, 6.07) is 6.27. The molecule has 0 bridgehead atoms. The lowest BCUT2D eigenvalue weighted by Gasteiger charge is -2.25. The molecular formula is C13H22IN3. The third-order valence-corrected chi connectivity index (χ3v) is 3.42. The Morgan fingerprint density at radius 3 is 2.47 bits per heavy atom. The van der Waals surface area contributed by atoms with Gasteiger partial charge in [0.15, 0.2) is 0 Å². The molecule has 0 heterocycles. The van der Waals surface area contributed by atoms with E-state index in [0.717, 1.165) is 37.4 Å². The van der Waals surface area contributed by atoms with Gasteiger partial charge in [-0.25, -0.2) is 0 Å². The predicted molar refractivity (Wildman–Crippen MR) is 84.6 cm³/mol. The molecule has 17 heavy (non-hydrogen) atoms. The Kier molecular flexibility index (Phi) is 6.05. The molecule has 0 saturated heterocycles. The van der Waals surface area contributed by atoms with Crippen molar-refractivity contribution in [2.45, 2.75) is 13.3 Å². The van der Waals surface area contributed by atoms with Crippen molar-refractivity contribution in [1.82, 2.24) is 4.90 Å². The van der Waals surface area contributed by atoms with Gasteiger partial charge in [0.05, 0.1) is 11.4 Å². The van der Waals surface area contributed by atoms with Crippen molar-refractivity contribution in [2.24, 2.45) is 0 Å². The number of halogens is 1. The molecule has 3 nitrogen and oxygen atoms in total. The summed E-state index contributed by atoms with van der Waals surface area (Å²) in [5.41, 5.74) is 8.11. The fourth-order valence-corrected chi connectivity index (χ4v) is 2.36. The molecular weight excluding hydrogens is 325 g/mol. The number of benzene rings is 1. The van der Waals surface area contributed by atoms with Crippen LogP contribution in [0.15, 0.2) is 18.2 Å². The summed E-state index contributed by atoms with van der Waals surface area (Å²) in [5.74, 6) is 0. The van der Waals surface area contributed by atoms with E-state index < -0.39 is 0 Å². The van der Waals surface area contributed by atoms with E-state index in [4.69, 9.17) is 5.73 Å². The van der Waals surface area contributed by atoms with Crippen molar-refractivity contribution in [3.05, 3.63) is 21.8 Å². The van der Waals surface area contributed by atoms with E-state index in [0.29, 0.717) is 0 Å². The number of anilines is 2. The third-order valence-electron chi connectivity index (χ3n) is 2.75. The molecule has 0 amide bonds. The van der Waals surface area contributed by atoms with Crippen LogP contribution < -0.4 is 10.6 Å². The van der Waals surface area contributed by atoms with E-state index in [1.54, 1.807) is 0 Å². The van der Waals surface area contributed by atoms with Gasteiger partial charge in [0.1, 0.15) is 0 Å². The zero-order valence-corrected chi connectivity index (χ0v) is 13.1. The Bertz CT molecular complexity index is 353. The summed E-state index contributed by atoms with van der Waals surface area (Å²) in [7, 11) is 4.21. The van der Waals surface area contributed by atoms with Gasteiger partial charge in [0.25, 0.3) is 0 Å². The zero-order valence-electron chi connectivity index (χ0n) is 10.9. The Balaban J connectivity index is 2.66. The molecule has 1 aromatic carbocycles. The summed E-state index contributed by atoms with van der Waals surface area (Å²) in [5, 5.41) is 0. The Morgan fingerprint density at radius 1 is 1.24 bits per heavy atom. The number of nitrogen functional groups attached to an aromatic ring is 1. The van der Waals surface area contributed by atoms with E-state index in [9.17, 15) is 0 Å². The van der Waals surface area contributed by atoms with E-state index in [1.807, 2.05) is 6.07 Å². The van der Waals surface area contributed by atoms with E-state index in [2.05, 4.69) is 65.5 Å². The molecule has 0 saturated carbocycles. The smallest absolute Gasteiger partial charge is 0.0600 e. The van der Waals surface area contributed by atoms with E-state index in [-0.39, 0.29) is 0 Å². The second kappa shape index (κ2) is 7.06. The number of nitrogens with two attached hydrogens (primary N) is 1. The van der Waals surface area contributed by atoms with Crippen LogP contribution in [0.1, 0.15) is 13.3 Å². The minimum absolute atomic E-state index is 0.878. The van der Waals surface area contributed by atoms with Gasteiger partial charge in [0.2, 0.25) is 0 Å². The average molecular weight is 347 g/mol. The Morgan fingerprint density at radius 2 is 1.94 bits per heavy atom. The van der Waals surface area contributed by atoms with Crippen molar-refractivity contribution < 1.29 is 0 Å². The maximum Gasteiger partial charge on any atom is 0.0600 e. The second-order valence-electron chi connectivity index (χ2n) is 4.44. The molecule has 2 N–H and O–H groups in total. The molecule has 0 aliphatic rings. The number of nitrogens with zero attached hydrogens (tertiary/aromatic N) is 2. The van der Waals surface area contributed by atoms with Crippen LogP contribution in [0.2, 0.25) is 0 Å². The molecule has 96 valence electrons. The molecule has 0 radical (unpaired) electrons. The van der Waals surface area contributed by atoms with Crippen molar-refractivity contribution in [3.8, 4) is 0 Å². The minimum Gasteiger partial charge on any atom is -0.397 e. The highest BCUT2D eigenvalue weighted by atomic mass is 127. The first-order valence-electron chi connectivity index (χ1n) is 5.99. The minimum atomic E-state index is 0.878. The highest BCUT2D eigenvalue weighted by Crippen LogP contribution is 2.25. The monoisotopic (exact) mass is 347 g/mol. The van der Waals surface area contributed by atoms with Crippen LogP contribution in [-0.4, -0.2) is 38.6 Å². The molecule has 0 aliphatic heterocycles. The molecule has 0 fully saturated rings. The normalized spacial score (nSPS) is 10.9. The van der Waals surface area contributed by atoms with Crippen molar-refractivity contribution in [3.63, 3.8) is 0 Å². The fourth-order valence-electron chi connectivity index (χ4n) is 1.84. The van der Waals surface area contributed by atoms with Crippen LogP contribution >= 0.6 is 22.6 Å². The molecule has 0 aliphatic carbocycles. The van der Waals surface area contributed by atoms with Gasteiger partial charge in [-0.05, 0) is 74.8 Å². The summed E-state index contributed by atoms with van der Waals surface area (Å²) in [6.45, 7) is 5.34. The lowest BCUT2D eigenvalue weighted by atomic mass is 10.2. The van der Waals surface area contributed by atoms with Gasteiger partial charge < -0.3 is 15.5 Å². The lowest BCUT2D eigenvalue weighted by molar-refractivity contribution is 0.400. The van der Waals surface area contributed by atoms with Crippen LogP contribution in [0.25, 0.3) is 0 Å². The fraction of sp³-hybridized carbons (Fsp3) is 0.538. The maximum absolute atomic E-state index is 6.07. The first kappa shape index (κ1) is 14.6. The van der Waals surface area contributed by atoms with Gasteiger partial charge in [0, 0.05) is 16.7 Å². The average Bonchev–Trinajstić information content (AvgIpc) is 2.25. The van der Waals surface area contributed by atoms with Crippen LogP contribution in [0.4, 0.5) is 11.4 Å². The standard InChI is InChI=1S/C13H22IN3/c1-4-17(9-5-8-16(2)3)13-7-6-11(14)10-12(13)15/h6-7,10H,4-5,8-9,15H2,1-3H3. The molecule has 0 atom stereocenters. The van der Waals surface area contributed by atoms with Gasteiger partial charge in [-0.2, -0.15) is 0 Å². The topological polar surface area (TPSA) is 32.5 Å². The molecule has 0 aromatic heterocycles. The number of hydrogen-bond donors (Lipinski definition) is 1. The van der Waals surface area contributed by atoms with Gasteiger partial charge in [-0.15, -0.1) is 0 Å². The van der Waals surface area contributed by atoms with Gasteiger partial charge >= 0.3 is 0 Å². The van der Waals surface area contributed by atoms with Crippen molar-refractivity contribution in [1.29, 1.82) is 0 Å². The largest absolute Gasteiger partial charge is 0.397 e. The third kappa shape index (κ3) is 4.71. The van der Waals surface area contributed by atoms with Gasteiger partial charge in [-0.3, -0.25) is 0 Å². The summed E-state index contributed by atoms with van der Waals surface area (Å²) < 4.78 is 1.19. The van der Waals surface area contributed by atoms with Crippen LogP contribution in [-0.2, 0) is 0 Å². The Hall–Kier alpha value is -0.490. The van der Waals surface area contributed by atoms with Crippen LogP contribution in [0.3, 0.4) is 0 Å². The Labute approximate surface area is 118 Å². The number of hydrogen-bond acceptors (Lipinski definition) is 3. The van der Waals surface area contributed by atoms with E-state index >= 15 is 0 Å². The highest BCUT2D eigenvalue weighted by molar-refractivity contribution is 14.1. The lowest BCUT2D eigenvalue weighted by Crippen LogP contribution is -2.27. The van der Waals surface area contributed by atoms with Crippen molar-refractivity contribution >= 4 is 34.0 Å². The molecule has 0 unspecified atom stereocenters. The molecule has 0 spiro atoms. The SMILES string of the molecule is CCN(CCCN(C)C)c1ccc(I)cc1N. The second-order valence-corrected chi connectivity index (χ2v) is 5.69. The zero-order chi connectivity index (χ0) is 12.8. The molecule has 1 aromatic rings. The summed E-state index contributed by atoms with van der Waals surface area (Å²) >= 11 is 2.29. The first-order valence-corrected chi connectivity index (χ1v) is 7.07. The van der Waals surface area contributed by atoms with Crippen molar-refractivity contribution in [2.75, 3.05) is 44.4 Å². The first-order chi connectivity index (χ1) is 8.04. The quantitative estimate of drug-likeness (QED) is 0.634. The van der Waals surface area contributed by atoms with Crippen LogP contribution in [0.5, 0.6) is 0 Å². The molecule has 1 rings (SSSR count). The van der Waals surface area contributed by atoms with Gasteiger partial charge in [-0.1, -0.05) is 0 Å². The maximum atomic E-state index is 6.07. The van der Waals surface area contributed by atoms with Crippen LogP contribution in [0, 0.1) is 3.57 Å². The molecule has 4 heteroatoms. The predicted octanol–water partition coefficient (Wildman–Crippen LogP) is 2.65. The van der Waals surface area contributed by atoms with E-state index in [1.165, 1.54) is 3.57 Å². The highest BCUT2D eigenvalue weighted by Gasteiger charge is 2.08.